The lowest BCUT2D eigenvalue weighted by molar-refractivity contribution is -0.103. The number of aliphatic hydroxyl groups excluding tert-OH is 1. The largest absolute Gasteiger partial charge is 0.515 e. The van der Waals surface area contributed by atoms with Crippen LogP contribution in [-0.2, 0) is 4.79 Å². The zero-order valence-electron chi connectivity index (χ0n) is 7.04. The molecule has 0 aliphatic rings. The van der Waals surface area contributed by atoms with Gasteiger partial charge in [0.15, 0.2) is 6.29 Å². The second-order valence-electron chi connectivity index (χ2n) is 2.44. The van der Waals surface area contributed by atoms with Gasteiger partial charge >= 0.3 is 5.97 Å². The van der Waals surface area contributed by atoms with E-state index < -0.39 is 5.97 Å². The Kier molecular flexibility index (Phi) is 2.96. The SMILES string of the molecule is O=C/C(=C/O)c1ccc(C(=O)O)cn1. The third-order valence-corrected chi connectivity index (χ3v) is 1.57. The molecule has 1 rings (SSSR count). The average molecular weight is 193 g/mol. The van der Waals surface area contributed by atoms with Gasteiger partial charge in [-0.1, -0.05) is 0 Å². The number of carboxylic acid groups (broad SMARTS) is 1. The highest BCUT2D eigenvalue weighted by Crippen LogP contribution is 2.08. The Bertz CT molecular complexity index is 380. The fraction of sp³-hybridized carbons (Fsp3) is 0. The molecule has 2 N–H and O–H groups in total. The Morgan fingerprint density at radius 1 is 1.43 bits per heavy atom. The van der Waals surface area contributed by atoms with Crippen molar-refractivity contribution in [2.75, 3.05) is 0 Å². The standard InChI is InChI=1S/C9H7NO4/c11-4-7(5-12)8-2-1-6(3-10-8)9(13)14/h1-5,11H,(H,13,14)/b7-4-. The maximum Gasteiger partial charge on any atom is 0.337 e. The van der Waals surface area contributed by atoms with E-state index in [4.69, 9.17) is 10.2 Å². The van der Waals surface area contributed by atoms with Gasteiger partial charge in [-0.05, 0) is 12.1 Å². The van der Waals surface area contributed by atoms with Gasteiger partial charge in [0.2, 0.25) is 0 Å². The number of nitrogens with zero attached hydrogens (tertiary/aromatic N) is 1. The summed E-state index contributed by atoms with van der Waals surface area (Å²) in [6.07, 6.45) is 2.17. The molecule has 0 amide bonds. The molecule has 0 atom stereocenters. The Morgan fingerprint density at radius 3 is 2.50 bits per heavy atom. The summed E-state index contributed by atoms with van der Waals surface area (Å²) in [4.78, 5) is 24.5. The van der Waals surface area contributed by atoms with Crippen LogP contribution in [0.3, 0.4) is 0 Å². The van der Waals surface area contributed by atoms with Crippen molar-refractivity contribution in [3.05, 3.63) is 35.8 Å². The van der Waals surface area contributed by atoms with Gasteiger partial charge in [-0.3, -0.25) is 9.78 Å². The number of carbonyl (C=O) groups is 2. The molecule has 0 spiro atoms. The molecular weight excluding hydrogens is 186 g/mol. The van der Waals surface area contributed by atoms with Crippen LogP contribution in [0.15, 0.2) is 24.6 Å². The minimum atomic E-state index is -1.09. The highest BCUT2D eigenvalue weighted by atomic mass is 16.4. The van der Waals surface area contributed by atoms with Crippen molar-refractivity contribution >= 4 is 17.8 Å². The fourth-order valence-electron chi connectivity index (χ4n) is 0.848. The zero-order chi connectivity index (χ0) is 10.6. The number of aldehydes is 1. The first-order valence-corrected chi connectivity index (χ1v) is 3.68. The summed E-state index contributed by atoms with van der Waals surface area (Å²) in [5.41, 5.74) is 0.256. The number of pyridine rings is 1. The lowest BCUT2D eigenvalue weighted by Gasteiger charge is -1.97. The van der Waals surface area contributed by atoms with Gasteiger partial charge in [-0.15, -0.1) is 0 Å². The molecule has 0 bridgehead atoms. The van der Waals surface area contributed by atoms with E-state index in [1.807, 2.05) is 0 Å². The lowest BCUT2D eigenvalue weighted by Crippen LogP contribution is -1.98. The molecule has 1 heterocycles. The molecule has 0 saturated carbocycles. The summed E-state index contributed by atoms with van der Waals surface area (Å²) < 4.78 is 0. The number of rotatable bonds is 3. The van der Waals surface area contributed by atoms with Crippen LogP contribution in [0.4, 0.5) is 0 Å². The van der Waals surface area contributed by atoms with Crippen LogP contribution >= 0.6 is 0 Å². The van der Waals surface area contributed by atoms with Gasteiger partial charge in [-0.2, -0.15) is 0 Å². The lowest BCUT2D eigenvalue weighted by atomic mass is 10.2. The molecule has 5 nitrogen and oxygen atoms in total. The van der Waals surface area contributed by atoms with Crippen LogP contribution in [0.1, 0.15) is 16.1 Å². The summed E-state index contributed by atoms with van der Waals surface area (Å²) in [6.45, 7) is 0. The van der Waals surface area contributed by atoms with Crippen molar-refractivity contribution in [1.82, 2.24) is 4.98 Å². The predicted molar refractivity (Wildman–Crippen MR) is 47.9 cm³/mol. The van der Waals surface area contributed by atoms with E-state index >= 15 is 0 Å². The molecule has 5 heteroatoms. The number of allylic oxidation sites excluding steroid dienone is 1. The van der Waals surface area contributed by atoms with Crippen LogP contribution < -0.4 is 0 Å². The maximum atomic E-state index is 10.4. The van der Waals surface area contributed by atoms with E-state index in [-0.39, 0.29) is 16.8 Å². The highest BCUT2D eigenvalue weighted by molar-refractivity contribution is 6.05. The highest BCUT2D eigenvalue weighted by Gasteiger charge is 2.05. The molecule has 0 aromatic carbocycles. The number of hydrogen-bond acceptors (Lipinski definition) is 4. The Balaban J connectivity index is 3.05. The number of hydrogen-bond donors (Lipinski definition) is 2. The second-order valence-corrected chi connectivity index (χ2v) is 2.44. The van der Waals surface area contributed by atoms with Gasteiger partial charge < -0.3 is 10.2 Å². The summed E-state index contributed by atoms with van der Waals surface area (Å²) in [7, 11) is 0. The smallest absolute Gasteiger partial charge is 0.337 e. The van der Waals surface area contributed by atoms with Gasteiger partial charge in [0, 0.05) is 6.20 Å². The summed E-state index contributed by atoms with van der Waals surface area (Å²) in [6, 6.07) is 2.65. The maximum absolute atomic E-state index is 10.4. The van der Waals surface area contributed by atoms with Crippen LogP contribution in [0, 0.1) is 0 Å². The van der Waals surface area contributed by atoms with Crippen molar-refractivity contribution in [2.45, 2.75) is 0 Å². The third-order valence-electron chi connectivity index (χ3n) is 1.57. The van der Waals surface area contributed by atoms with Crippen molar-refractivity contribution < 1.29 is 19.8 Å². The third kappa shape index (κ3) is 1.95. The molecule has 72 valence electrons. The number of carbonyl (C=O) groups excluding carboxylic acids is 1. The average Bonchev–Trinajstić information content (AvgIpc) is 2.20. The molecule has 1 aromatic heterocycles. The van der Waals surface area contributed by atoms with Gasteiger partial charge in [0.25, 0.3) is 0 Å². The minimum absolute atomic E-state index is 0.00180. The van der Waals surface area contributed by atoms with E-state index in [9.17, 15) is 9.59 Å². The van der Waals surface area contributed by atoms with E-state index in [0.717, 1.165) is 6.20 Å². The quantitative estimate of drug-likeness (QED) is 0.422. The molecule has 14 heavy (non-hydrogen) atoms. The number of carboxylic acids is 1. The van der Waals surface area contributed by atoms with Crippen LogP contribution in [-0.4, -0.2) is 27.5 Å². The molecule has 0 aliphatic heterocycles. The summed E-state index contributed by atoms with van der Waals surface area (Å²) in [5.74, 6) is -1.09. The number of aromatic nitrogens is 1. The van der Waals surface area contributed by atoms with Crippen molar-refractivity contribution in [2.24, 2.45) is 0 Å². The molecule has 0 saturated heterocycles. The topological polar surface area (TPSA) is 87.5 Å². The Labute approximate surface area is 79.3 Å². The Hall–Kier alpha value is -2.17. The van der Waals surface area contributed by atoms with E-state index in [0.29, 0.717) is 12.5 Å². The first kappa shape index (κ1) is 9.91. The van der Waals surface area contributed by atoms with Gasteiger partial charge in [0.1, 0.15) is 0 Å². The normalized spacial score (nSPS) is 11.0. The van der Waals surface area contributed by atoms with Crippen LogP contribution in [0.2, 0.25) is 0 Å². The summed E-state index contributed by atoms with van der Waals surface area (Å²) >= 11 is 0. The zero-order valence-corrected chi connectivity index (χ0v) is 7.04. The Morgan fingerprint density at radius 2 is 2.14 bits per heavy atom. The first-order valence-electron chi connectivity index (χ1n) is 3.68. The molecule has 1 aromatic rings. The second kappa shape index (κ2) is 4.18. The number of aliphatic hydroxyl groups is 1. The molecule has 0 radical (unpaired) electrons. The van der Waals surface area contributed by atoms with Crippen molar-refractivity contribution in [3.63, 3.8) is 0 Å². The first-order chi connectivity index (χ1) is 6.69. The van der Waals surface area contributed by atoms with E-state index in [2.05, 4.69) is 4.98 Å². The predicted octanol–water partition coefficient (Wildman–Crippen LogP) is 0.878. The fourth-order valence-corrected chi connectivity index (χ4v) is 0.848. The molecule has 0 unspecified atom stereocenters. The van der Waals surface area contributed by atoms with Crippen LogP contribution in [0.25, 0.3) is 5.57 Å². The molecule has 0 fully saturated rings. The molecule has 0 aliphatic carbocycles. The minimum Gasteiger partial charge on any atom is -0.515 e. The van der Waals surface area contributed by atoms with Gasteiger partial charge in [-0.25, -0.2) is 4.79 Å². The monoisotopic (exact) mass is 193 g/mol. The number of aromatic carboxylic acids is 1. The van der Waals surface area contributed by atoms with E-state index in [1.54, 1.807) is 0 Å². The van der Waals surface area contributed by atoms with Gasteiger partial charge in [0.05, 0.1) is 23.1 Å². The van der Waals surface area contributed by atoms with Crippen LogP contribution in [0.5, 0.6) is 0 Å². The van der Waals surface area contributed by atoms with E-state index in [1.165, 1.54) is 12.1 Å². The van der Waals surface area contributed by atoms with Crippen molar-refractivity contribution in [3.8, 4) is 0 Å². The molecular formula is C9H7NO4. The van der Waals surface area contributed by atoms with Crippen molar-refractivity contribution in [1.29, 1.82) is 0 Å². The summed E-state index contributed by atoms with van der Waals surface area (Å²) in [5, 5.41) is 17.2.